The molecule has 0 aliphatic carbocycles. The molecule has 1 nitrogen and oxygen atoms in total. The van der Waals surface area contributed by atoms with Gasteiger partial charge in [-0.25, -0.2) is 0 Å². The van der Waals surface area contributed by atoms with E-state index < -0.39 is 0 Å². The van der Waals surface area contributed by atoms with Crippen molar-refractivity contribution in [1.82, 2.24) is 5.32 Å². The lowest BCUT2D eigenvalue weighted by molar-refractivity contribution is 0.532. The molecule has 1 N–H and O–H groups in total. The van der Waals surface area contributed by atoms with E-state index in [1.807, 2.05) is 19.2 Å². The van der Waals surface area contributed by atoms with Gasteiger partial charge in [0, 0.05) is 16.0 Å². The SMILES string of the molecule is C#CCCCC(NC)c1ccc(I)c(Cl)c1. The Hall–Kier alpha value is -0.240. The van der Waals surface area contributed by atoms with Crippen molar-refractivity contribution < 1.29 is 0 Å². The lowest BCUT2D eigenvalue weighted by Gasteiger charge is -2.16. The minimum absolute atomic E-state index is 0.336. The molecule has 0 heterocycles. The van der Waals surface area contributed by atoms with E-state index in [1.54, 1.807) is 0 Å². The fraction of sp³-hybridized carbons (Fsp3) is 0.385. The van der Waals surface area contributed by atoms with Crippen LogP contribution in [-0.4, -0.2) is 7.05 Å². The first-order chi connectivity index (χ1) is 7.69. The summed E-state index contributed by atoms with van der Waals surface area (Å²) in [4.78, 5) is 0. The van der Waals surface area contributed by atoms with Gasteiger partial charge in [-0.1, -0.05) is 17.7 Å². The zero-order valence-corrected chi connectivity index (χ0v) is 12.2. The van der Waals surface area contributed by atoms with Crippen LogP contribution >= 0.6 is 34.2 Å². The molecule has 1 aromatic rings. The van der Waals surface area contributed by atoms with Crippen LogP contribution in [0.4, 0.5) is 0 Å². The molecule has 1 unspecified atom stereocenters. The number of unbranched alkanes of at least 4 members (excludes halogenated alkanes) is 1. The van der Waals surface area contributed by atoms with Crippen LogP contribution in [0.5, 0.6) is 0 Å². The van der Waals surface area contributed by atoms with Crippen molar-refractivity contribution >= 4 is 34.2 Å². The molecule has 0 saturated heterocycles. The second-order valence-corrected chi connectivity index (χ2v) is 5.18. The number of terminal acetylenes is 1. The molecule has 0 fully saturated rings. The van der Waals surface area contributed by atoms with Crippen molar-refractivity contribution in [3.63, 3.8) is 0 Å². The Labute approximate surface area is 116 Å². The zero-order valence-electron chi connectivity index (χ0n) is 9.26. The fourth-order valence-corrected chi connectivity index (χ4v) is 2.14. The van der Waals surface area contributed by atoms with Crippen molar-refractivity contribution in [2.24, 2.45) is 0 Å². The summed E-state index contributed by atoms with van der Waals surface area (Å²) in [5.74, 6) is 2.66. The van der Waals surface area contributed by atoms with Crippen LogP contribution in [0.2, 0.25) is 5.02 Å². The highest BCUT2D eigenvalue weighted by molar-refractivity contribution is 14.1. The van der Waals surface area contributed by atoms with Gasteiger partial charge in [-0.05, 0) is 60.2 Å². The van der Waals surface area contributed by atoms with E-state index in [-0.39, 0.29) is 0 Å². The number of halogens is 2. The Morgan fingerprint density at radius 1 is 1.56 bits per heavy atom. The number of nitrogens with one attached hydrogen (secondary N) is 1. The van der Waals surface area contributed by atoms with Crippen molar-refractivity contribution in [3.05, 3.63) is 32.4 Å². The van der Waals surface area contributed by atoms with Gasteiger partial charge in [-0.3, -0.25) is 0 Å². The van der Waals surface area contributed by atoms with E-state index in [0.717, 1.165) is 27.9 Å². The van der Waals surface area contributed by atoms with Crippen LogP contribution < -0.4 is 5.32 Å². The summed E-state index contributed by atoms with van der Waals surface area (Å²) in [6.07, 6.45) is 8.15. The Bertz CT molecular complexity index is 384. The van der Waals surface area contributed by atoms with Crippen molar-refractivity contribution in [3.8, 4) is 12.3 Å². The normalized spacial score (nSPS) is 12.1. The van der Waals surface area contributed by atoms with Gasteiger partial charge in [0.25, 0.3) is 0 Å². The maximum atomic E-state index is 6.11. The van der Waals surface area contributed by atoms with Gasteiger partial charge in [-0.15, -0.1) is 12.3 Å². The first-order valence-electron chi connectivity index (χ1n) is 5.24. The standard InChI is InChI=1S/C13H15ClIN/c1-3-4-5-6-13(16-2)10-7-8-12(15)11(14)9-10/h1,7-9,13,16H,4-6H2,2H3. The fourth-order valence-electron chi connectivity index (χ4n) is 1.62. The largest absolute Gasteiger partial charge is 0.313 e. The Balaban J connectivity index is 2.71. The molecule has 3 heteroatoms. The second kappa shape index (κ2) is 7.16. The first-order valence-corrected chi connectivity index (χ1v) is 6.70. The lowest BCUT2D eigenvalue weighted by Crippen LogP contribution is -2.16. The Morgan fingerprint density at radius 3 is 2.88 bits per heavy atom. The van der Waals surface area contributed by atoms with E-state index in [9.17, 15) is 0 Å². The minimum atomic E-state index is 0.336. The van der Waals surface area contributed by atoms with Gasteiger partial charge in [0.15, 0.2) is 0 Å². The highest BCUT2D eigenvalue weighted by atomic mass is 127. The molecule has 0 aromatic heterocycles. The van der Waals surface area contributed by atoms with Gasteiger partial charge in [-0.2, -0.15) is 0 Å². The summed E-state index contributed by atoms with van der Waals surface area (Å²) in [6.45, 7) is 0. The molecule has 16 heavy (non-hydrogen) atoms. The van der Waals surface area contributed by atoms with Crippen LogP contribution in [0.15, 0.2) is 18.2 Å². The topological polar surface area (TPSA) is 12.0 Å². The summed E-state index contributed by atoms with van der Waals surface area (Å²) in [5, 5.41) is 4.11. The predicted octanol–water partition coefficient (Wildman–Crippen LogP) is 4.01. The molecular weight excluding hydrogens is 333 g/mol. The highest BCUT2D eigenvalue weighted by Gasteiger charge is 2.09. The summed E-state index contributed by atoms with van der Waals surface area (Å²) in [6, 6.07) is 6.53. The van der Waals surface area contributed by atoms with Gasteiger partial charge >= 0.3 is 0 Å². The Kier molecular flexibility index (Phi) is 6.18. The molecule has 1 aromatic carbocycles. The first kappa shape index (κ1) is 13.8. The van der Waals surface area contributed by atoms with E-state index in [0.29, 0.717) is 6.04 Å². The lowest BCUT2D eigenvalue weighted by atomic mass is 10.0. The summed E-state index contributed by atoms with van der Waals surface area (Å²) >= 11 is 8.34. The van der Waals surface area contributed by atoms with Crippen LogP contribution in [0, 0.1) is 15.9 Å². The molecule has 1 atom stereocenters. The summed E-state index contributed by atoms with van der Waals surface area (Å²) in [7, 11) is 1.96. The van der Waals surface area contributed by atoms with Crippen LogP contribution in [0.1, 0.15) is 30.9 Å². The number of hydrogen-bond donors (Lipinski definition) is 1. The maximum Gasteiger partial charge on any atom is 0.0542 e. The molecule has 0 saturated carbocycles. The van der Waals surface area contributed by atoms with Gasteiger partial charge in [0.2, 0.25) is 0 Å². The molecule has 86 valence electrons. The van der Waals surface area contributed by atoms with Crippen LogP contribution in [-0.2, 0) is 0 Å². The van der Waals surface area contributed by atoms with Gasteiger partial charge in [0.05, 0.1) is 5.02 Å². The Morgan fingerprint density at radius 2 is 2.31 bits per heavy atom. The van der Waals surface area contributed by atoms with E-state index in [1.165, 1.54) is 5.56 Å². The van der Waals surface area contributed by atoms with Gasteiger partial charge < -0.3 is 5.32 Å². The van der Waals surface area contributed by atoms with E-state index in [2.05, 4.69) is 39.9 Å². The molecule has 0 bridgehead atoms. The average Bonchev–Trinajstić information content (AvgIpc) is 2.29. The molecule has 0 aliphatic rings. The third-order valence-electron chi connectivity index (χ3n) is 2.51. The van der Waals surface area contributed by atoms with Crippen LogP contribution in [0.3, 0.4) is 0 Å². The van der Waals surface area contributed by atoms with Crippen molar-refractivity contribution in [2.75, 3.05) is 7.05 Å². The van der Waals surface area contributed by atoms with E-state index >= 15 is 0 Å². The quantitative estimate of drug-likeness (QED) is 0.482. The van der Waals surface area contributed by atoms with Crippen LogP contribution in [0.25, 0.3) is 0 Å². The molecule has 0 spiro atoms. The predicted molar refractivity (Wildman–Crippen MR) is 78.7 cm³/mol. The number of rotatable bonds is 5. The third kappa shape index (κ3) is 3.97. The van der Waals surface area contributed by atoms with E-state index in [4.69, 9.17) is 18.0 Å². The monoisotopic (exact) mass is 347 g/mol. The molecular formula is C13H15ClIN. The van der Waals surface area contributed by atoms with Gasteiger partial charge in [0.1, 0.15) is 0 Å². The zero-order chi connectivity index (χ0) is 12.0. The van der Waals surface area contributed by atoms with Crippen molar-refractivity contribution in [2.45, 2.75) is 25.3 Å². The number of benzene rings is 1. The maximum absolute atomic E-state index is 6.11. The molecule has 0 aliphatic heterocycles. The molecule has 1 rings (SSSR count). The minimum Gasteiger partial charge on any atom is -0.313 e. The summed E-state index contributed by atoms with van der Waals surface area (Å²) < 4.78 is 1.08. The molecule has 0 radical (unpaired) electrons. The number of hydrogen-bond acceptors (Lipinski definition) is 1. The second-order valence-electron chi connectivity index (χ2n) is 3.61. The third-order valence-corrected chi connectivity index (χ3v) is 4.08. The summed E-state index contributed by atoms with van der Waals surface area (Å²) in [5.41, 5.74) is 1.23. The average molecular weight is 348 g/mol. The smallest absolute Gasteiger partial charge is 0.0542 e. The highest BCUT2D eigenvalue weighted by Crippen LogP contribution is 2.25. The molecule has 0 amide bonds. The van der Waals surface area contributed by atoms with Crippen molar-refractivity contribution in [1.29, 1.82) is 0 Å².